The van der Waals surface area contributed by atoms with Crippen molar-refractivity contribution in [3.8, 4) is 0 Å². The number of methoxy groups -OCH3 is 1. The van der Waals surface area contributed by atoms with Crippen LogP contribution >= 0.6 is 0 Å². The first kappa shape index (κ1) is 20.9. The highest BCUT2D eigenvalue weighted by Gasteiger charge is 2.41. The second-order valence-electron chi connectivity index (χ2n) is 8.31. The third kappa shape index (κ3) is 3.49. The molecule has 0 radical (unpaired) electrons. The van der Waals surface area contributed by atoms with Crippen LogP contribution in [0, 0.1) is 12.3 Å². The normalized spacial score (nSPS) is 14.5. The number of ether oxygens (including phenoxy) is 1. The van der Waals surface area contributed by atoms with Crippen molar-refractivity contribution in [1.29, 1.82) is 0 Å². The van der Waals surface area contributed by atoms with Crippen LogP contribution in [0.2, 0.25) is 0 Å². The molecule has 0 heterocycles. The lowest BCUT2D eigenvalue weighted by atomic mass is 9.69. The number of hydrazine groups is 1. The quantitative estimate of drug-likeness (QED) is 0.349. The van der Waals surface area contributed by atoms with Gasteiger partial charge in [0.1, 0.15) is 0 Å². The zero-order chi connectivity index (χ0) is 21.5. The van der Waals surface area contributed by atoms with Crippen molar-refractivity contribution in [2.75, 3.05) is 24.9 Å². The van der Waals surface area contributed by atoms with E-state index in [1.165, 1.54) is 12.1 Å². The first-order valence-corrected chi connectivity index (χ1v) is 9.71. The summed E-state index contributed by atoms with van der Waals surface area (Å²) in [7, 11) is 3.12. The molecule has 2 aromatic carbocycles. The molecule has 2 aromatic rings. The van der Waals surface area contributed by atoms with E-state index in [1.807, 2.05) is 51.1 Å². The van der Waals surface area contributed by atoms with Crippen molar-refractivity contribution in [3.05, 3.63) is 58.1 Å². The molecule has 0 saturated carbocycles. The third-order valence-electron chi connectivity index (χ3n) is 6.05. The molecule has 4 N–H and O–H groups in total. The average Bonchev–Trinajstić information content (AvgIpc) is 3.04. The smallest absolute Gasteiger partial charge is 0.312 e. The van der Waals surface area contributed by atoms with E-state index < -0.39 is 5.41 Å². The van der Waals surface area contributed by atoms with Crippen LogP contribution in [0.1, 0.15) is 58.8 Å². The molecule has 0 saturated heterocycles. The molecule has 6 nitrogen and oxygen atoms in total. The molecule has 0 spiro atoms. The Labute approximate surface area is 171 Å². The number of hydrogen-bond donors (Lipinski definition) is 2. The lowest BCUT2D eigenvalue weighted by Gasteiger charge is -2.34. The summed E-state index contributed by atoms with van der Waals surface area (Å²) in [5.41, 5.74) is 11.2. The molecule has 0 bridgehead atoms. The minimum absolute atomic E-state index is 0.146. The highest BCUT2D eigenvalue weighted by atomic mass is 16.5. The third-order valence-corrected chi connectivity index (χ3v) is 6.05. The largest absolute Gasteiger partial charge is 0.469 e. The fourth-order valence-corrected chi connectivity index (χ4v) is 4.35. The average molecular weight is 396 g/mol. The van der Waals surface area contributed by atoms with E-state index in [0.29, 0.717) is 17.8 Å². The maximum absolute atomic E-state index is 12.7. The summed E-state index contributed by atoms with van der Waals surface area (Å²) in [6, 6.07) is 9.74. The second-order valence-corrected chi connectivity index (χ2v) is 8.31. The minimum Gasteiger partial charge on any atom is -0.469 e. The van der Waals surface area contributed by atoms with Crippen LogP contribution in [0.3, 0.4) is 0 Å². The fourth-order valence-electron chi connectivity index (χ4n) is 4.35. The van der Waals surface area contributed by atoms with E-state index in [2.05, 4.69) is 0 Å². The number of nitrogens with zero attached hydrogens (tertiary/aromatic N) is 1. The zero-order valence-corrected chi connectivity index (χ0v) is 17.7. The molecule has 1 unspecified atom stereocenters. The molecule has 1 atom stereocenters. The molecule has 0 aliphatic heterocycles. The Morgan fingerprint density at radius 3 is 2.52 bits per heavy atom. The summed E-state index contributed by atoms with van der Waals surface area (Å²) in [4.78, 5) is 25.1. The number of nitrogens with two attached hydrogens (primary N) is 2. The highest BCUT2D eigenvalue weighted by molar-refractivity contribution is 6.00. The molecule has 29 heavy (non-hydrogen) atoms. The summed E-state index contributed by atoms with van der Waals surface area (Å²) in [6.45, 7) is 5.64. The number of carbonyl (C=O) groups is 2. The lowest BCUT2D eigenvalue weighted by molar-refractivity contribution is -0.151. The van der Waals surface area contributed by atoms with Crippen LogP contribution in [0.25, 0.3) is 0 Å². The maximum atomic E-state index is 12.7. The van der Waals surface area contributed by atoms with Gasteiger partial charge in [-0.3, -0.25) is 9.59 Å². The van der Waals surface area contributed by atoms with Gasteiger partial charge in [-0.05, 0) is 61.6 Å². The molecule has 0 fully saturated rings. The van der Waals surface area contributed by atoms with Crippen LogP contribution in [0.4, 0.5) is 11.4 Å². The van der Waals surface area contributed by atoms with E-state index in [9.17, 15) is 9.59 Å². The number of anilines is 2. The van der Waals surface area contributed by atoms with Crippen molar-refractivity contribution in [3.63, 3.8) is 0 Å². The van der Waals surface area contributed by atoms with Crippen LogP contribution < -0.4 is 16.6 Å². The summed E-state index contributed by atoms with van der Waals surface area (Å²) in [5.74, 6) is 5.37. The minimum atomic E-state index is -0.877. The van der Waals surface area contributed by atoms with Gasteiger partial charge in [0, 0.05) is 24.9 Å². The second kappa shape index (κ2) is 7.52. The van der Waals surface area contributed by atoms with Gasteiger partial charge in [0.2, 0.25) is 0 Å². The van der Waals surface area contributed by atoms with E-state index in [4.69, 9.17) is 16.3 Å². The van der Waals surface area contributed by atoms with Crippen molar-refractivity contribution in [1.82, 2.24) is 0 Å². The Bertz CT molecular complexity index is 980. The summed E-state index contributed by atoms with van der Waals surface area (Å²) >= 11 is 0. The fraction of sp³-hybridized carbons (Fsp3) is 0.391. The number of ketones is 1. The molecule has 1 aliphatic rings. The van der Waals surface area contributed by atoms with E-state index in [1.54, 1.807) is 7.05 Å². The molecule has 6 heteroatoms. The standard InChI is InChI=1S/C23H29N3O3/c1-13-16(9-10-18(21(13)24)26(4)25)20(23(2,3)22(28)29-5)15-7-6-14-8-11-19(27)17(14)12-15/h6-7,9-10,12,20H,8,11,24-25H2,1-5H3. The summed E-state index contributed by atoms with van der Waals surface area (Å²) in [5, 5.41) is 1.47. The monoisotopic (exact) mass is 395 g/mol. The molecule has 3 rings (SSSR count). The lowest BCUT2D eigenvalue weighted by Crippen LogP contribution is -2.34. The number of benzene rings is 2. The van der Waals surface area contributed by atoms with Gasteiger partial charge in [-0.2, -0.15) is 0 Å². The number of aryl methyl sites for hydroxylation is 1. The molecule has 154 valence electrons. The highest BCUT2D eigenvalue weighted by Crippen LogP contribution is 2.45. The maximum Gasteiger partial charge on any atom is 0.312 e. The number of esters is 1. The van der Waals surface area contributed by atoms with Gasteiger partial charge < -0.3 is 15.5 Å². The first-order chi connectivity index (χ1) is 13.6. The Kier molecular flexibility index (Phi) is 5.41. The molecule has 0 aromatic heterocycles. The predicted molar refractivity (Wildman–Crippen MR) is 115 cm³/mol. The van der Waals surface area contributed by atoms with E-state index >= 15 is 0 Å². The van der Waals surface area contributed by atoms with Gasteiger partial charge in [-0.1, -0.05) is 18.2 Å². The molecule has 1 aliphatic carbocycles. The van der Waals surface area contributed by atoms with Gasteiger partial charge >= 0.3 is 5.97 Å². The van der Waals surface area contributed by atoms with Crippen LogP contribution in [-0.4, -0.2) is 25.9 Å². The van der Waals surface area contributed by atoms with Gasteiger partial charge in [0.05, 0.1) is 23.9 Å². The van der Waals surface area contributed by atoms with E-state index in [0.717, 1.165) is 34.2 Å². The summed E-state index contributed by atoms with van der Waals surface area (Å²) < 4.78 is 5.12. The first-order valence-electron chi connectivity index (χ1n) is 9.71. The van der Waals surface area contributed by atoms with E-state index in [-0.39, 0.29) is 17.7 Å². The number of fused-ring (bicyclic) bond motifs is 1. The number of nitrogen functional groups attached to an aromatic ring is 1. The molecular weight excluding hydrogens is 366 g/mol. The van der Waals surface area contributed by atoms with Crippen molar-refractivity contribution in [2.45, 2.75) is 39.5 Å². The van der Waals surface area contributed by atoms with Crippen molar-refractivity contribution in [2.24, 2.45) is 11.3 Å². The Morgan fingerprint density at radius 1 is 1.21 bits per heavy atom. The number of rotatable bonds is 5. The molecule has 0 amide bonds. The van der Waals surface area contributed by atoms with Crippen LogP contribution in [0.5, 0.6) is 0 Å². The van der Waals surface area contributed by atoms with Crippen molar-refractivity contribution < 1.29 is 14.3 Å². The zero-order valence-electron chi connectivity index (χ0n) is 17.7. The van der Waals surface area contributed by atoms with Gasteiger partial charge in [-0.15, -0.1) is 0 Å². The van der Waals surface area contributed by atoms with Crippen molar-refractivity contribution >= 4 is 23.1 Å². The van der Waals surface area contributed by atoms with Gasteiger partial charge in [0.15, 0.2) is 5.78 Å². The Hall–Kier alpha value is -2.86. The Morgan fingerprint density at radius 2 is 1.90 bits per heavy atom. The molecular formula is C23H29N3O3. The van der Waals surface area contributed by atoms with Gasteiger partial charge in [-0.25, -0.2) is 5.84 Å². The Balaban J connectivity index is 2.24. The summed E-state index contributed by atoms with van der Waals surface area (Å²) in [6.07, 6.45) is 1.30. The van der Waals surface area contributed by atoms with Crippen LogP contribution in [-0.2, 0) is 16.0 Å². The van der Waals surface area contributed by atoms with Gasteiger partial charge in [0.25, 0.3) is 0 Å². The topological polar surface area (TPSA) is 98.7 Å². The number of hydrogen-bond acceptors (Lipinski definition) is 6. The number of carbonyl (C=O) groups excluding carboxylic acids is 2. The predicted octanol–water partition coefficient (Wildman–Crippen LogP) is 3.35. The SMILES string of the molecule is COC(=O)C(C)(C)C(c1ccc2c(c1)C(=O)CC2)c1ccc(N(C)N)c(N)c1C. The number of Topliss-reactive ketones (excluding diaryl/α,β-unsaturated/α-hetero) is 1. The van der Waals surface area contributed by atoms with Crippen LogP contribution in [0.15, 0.2) is 30.3 Å².